The van der Waals surface area contributed by atoms with Crippen LogP contribution >= 0.6 is 0 Å². The van der Waals surface area contributed by atoms with Gasteiger partial charge in [0.15, 0.2) is 0 Å². The van der Waals surface area contributed by atoms with Crippen molar-refractivity contribution < 1.29 is 9.53 Å². The monoisotopic (exact) mass is 327 g/mol. The molecule has 1 fully saturated rings. The van der Waals surface area contributed by atoms with E-state index in [1.165, 1.54) is 19.3 Å². The second-order valence-electron chi connectivity index (χ2n) is 8.18. The molecule has 3 N–H and O–H groups in total. The average Bonchev–Trinajstić information content (AvgIpc) is 2.42. The first-order valence-electron chi connectivity index (χ1n) is 9.13. The lowest BCUT2D eigenvalue weighted by Crippen LogP contribution is -2.50. The molecule has 1 saturated heterocycles. The van der Waals surface area contributed by atoms with Crippen molar-refractivity contribution in [2.45, 2.75) is 91.0 Å². The zero-order valence-corrected chi connectivity index (χ0v) is 15.9. The molecule has 1 aliphatic heterocycles. The highest BCUT2D eigenvalue weighted by atomic mass is 16.6. The van der Waals surface area contributed by atoms with Crippen molar-refractivity contribution in [3.63, 3.8) is 0 Å². The summed E-state index contributed by atoms with van der Waals surface area (Å²) in [5.74, 6) is 0.451. The molecule has 0 bridgehead atoms. The molecule has 0 saturated carbocycles. The Balaban J connectivity index is 2.37. The average molecular weight is 328 g/mol. The van der Waals surface area contributed by atoms with Crippen LogP contribution in [0.25, 0.3) is 0 Å². The zero-order chi connectivity index (χ0) is 17.5. The molecule has 3 unspecified atom stereocenters. The maximum atomic E-state index is 11.8. The summed E-state index contributed by atoms with van der Waals surface area (Å²) in [6, 6.07) is 1.30. The first kappa shape index (κ1) is 20.2. The number of amides is 1. The highest BCUT2D eigenvalue weighted by Crippen LogP contribution is 2.13. The molecule has 0 aromatic rings. The van der Waals surface area contributed by atoms with Crippen LogP contribution in [0.1, 0.15) is 67.2 Å². The van der Waals surface area contributed by atoms with Gasteiger partial charge in [0.25, 0.3) is 0 Å². The van der Waals surface area contributed by atoms with E-state index in [2.05, 4.69) is 36.7 Å². The van der Waals surface area contributed by atoms with Gasteiger partial charge in [0.1, 0.15) is 5.60 Å². The molecule has 1 heterocycles. The van der Waals surface area contributed by atoms with Crippen LogP contribution < -0.4 is 16.0 Å². The Bertz CT molecular complexity index is 347. The lowest BCUT2D eigenvalue weighted by atomic mass is 9.97. The summed E-state index contributed by atoms with van der Waals surface area (Å²) in [4.78, 5) is 11.8. The van der Waals surface area contributed by atoms with Crippen LogP contribution in [-0.2, 0) is 4.74 Å². The third kappa shape index (κ3) is 9.16. The molecular weight excluding hydrogens is 290 g/mol. The van der Waals surface area contributed by atoms with Gasteiger partial charge < -0.3 is 20.7 Å². The van der Waals surface area contributed by atoms with E-state index in [0.717, 1.165) is 13.0 Å². The first-order chi connectivity index (χ1) is 10.7. The van der Waals surface area contributed by atoms with Crippen molar-refractivity contribution in [2.75, 3.05) is 13.1 Å². The van der Waals surface area contributed by atoms with Crippen molar-refractivity contribution in [3.05, 3.63) is 0 Å². The molecule has 0 aromatic heterocycles. The summed E-state index contributed by atoms with van der Waals surface area (Å²) < 4.78 is 5.31. The number of carbonyl (C=O) groups excluding carboxylic acids is 1. The van der Waals surface area contributed by atoms with Gasteiger partial charge in [-0.2, -0.15) is 0 Å². The van der Waals surface area contributed by atoms with Crippen molar-refractivity contribution in [3.8, 4) is 0 Å². The van der Waals surface area contributed by atoms with Crippen LogP contribution in [0.15, 0.2) is 0 Å². The van der Waals surface area contributed by atoms with Gasteiger partial charge in [-0.15, -0.1) is 0 Å². The topological polar surface area (TPSA) is 62.4 Å². The van der Waals surface area contributed by atoms with Crippen LogP contribution in [0.4, 0.5) is 4.79 Å². The molecular formula is C18H37N3O2. The Morgan fingerprint density at radius 1 is 1.26 bits per heavy atom. The van der Waals surface area contributed by atoms with Gasteiger partial charge in [-0.25, -0.2) is 4.79 Å². The minimum Gasteiger partial charge on any atom is -0.444 e. The quantitative estimate of drug-likeness (QED) is 0.672. The molecule has 5 nitrogen and oxygen atoms in total. The van der Waals surface area contributed by atoms with Gasteiger partial charge >= 0.3 is 6.09 Å². The number of rotatable bonds is 7. The molecule has 3 atom stereocenters. The number of ether oxygens (including phenoxy) is 1. The second-order valence-corrected chi connectivity index (χ2v) is 8.18. The minimum atomic E-state index is -0.454. The van der Waals surface area contributed by atoms with E-state index in [0.29, 0.717) is 24.5 Å². The summed E-state index contributed by atoms with van der Waals surface area (Å²) in [6.45, 7) is 14.0. The summed E-state index contributed by atoms with van der Waals surface area (Å²) in [5.41, 5.74) is -0.454. The number of nitrogens with one attached hydrogen (secondary N) is 3. The smallest absolute Gasteiger partial charge is 0.407 e. The van der Waals surface area contributed by atoms with E-state index >= 15 is 0 Å². The molecule has 136 valence electrons. The Morgan fingerprint density at radius 2 is 1.96 bits per heavy atom. The third-order valence-corrected chi connectivity index (χ3v) is 4.22. The number of hydrogen-bond donors (Lipinski definition) is 3. The standard InChI is InChI=1S/C18H37N3O2/c1-13(2)16(12-20-17(22)23-18(4,5)6)21-14(3)11-15-9-7-8-10-19-15/h13-16,19,21H,7-12H2,1-6H3,(H,20,22). The SMILES string of the molecule is CC(CC1CCCCN1)NC(CNC(=O)OC(C)(C)C)C(C)C. The molecule has 0 spiro atoms. The fourth-order valence-electron chi connectivity index (χ4n) is 2.98. The van der Waals surface area contributed by atoms with Crippen molar-refractivity contribution >= 4 is 6.09 Å². The van der Waals surface area contributed by atoms with E-state index in [9.17, 15) is 4.79 Å². The molecule has 23 heavy (non-hydrogen) atoms. The Labute approximate surface area is 142 Å². The molecule has 5 heteroatoms. The molecule has 1 rings (SSSR count). The molecule has 0 radical (unpaired) electrons. The summed E-state index contributed by atoms with van der Waals surface area (Å²) in [5, 5.41) is 10.2. The zero-order valence-electron chi connectivity index (χ0n) is 15.9. The lowest BCUT2D eigenvalue weighted by molar-refractivity contribution is 0.0518. The maximum absolute atomic E-state index is 11.8. The van der Waals surface area contributed by atoms with Gasteiger partial charge in [0.05, 0.1) is 0 Å². The van der Waals surface area contributed by atoms with Crippen LogP contribution in [-0.4, -0.2) is 42.9 Å². The lowest BCUT2D eigenvalue weighted by Gasteiger charge is -2.31. The van der Waals surface area contributed by atoms with Crippen molar-refractivity contribution in [1.82, 2.24) is 16.0 Å². The fraction of sp³-hybridized carbons (Fsp3) is 0.944. The predicted octanol–water partition coefficient (Wildman–Crippen LogP) is 3.05. The predicted molar refractivity (Wildman–Crippen MR) is 95.7 cm³/mol. The van der Waals surface area contributed by atoms with E-state index < -0.39 is 5.60 Å². The molecule has 1 amide bonds. The largest absolute Gasteiger partial charge is 0.444 e. The van der Waals surface area contributed by atoms with Crippen LogP contribution in [0.3, 0.4) is 0 Å². The number of piperidine rings is 1. The van der Waals surface area contributed by atoms with E-state index in [1.807, 2.05) is 20.8 Å². The van der Waals surface area contributed by atoms with Gasteiger partial charge in [-0.05, 0) is 59.4 Å². The third-order valence-electron chi connectivity index (χ3n) is 4.22. The Morgan fingerprint density at radius 3 is 2.48 bits per heavy atom. The van der Waals surface area contributed by atoms with E-state index in [-0.39, 0.29) is 12.1 Å². The second kappa shape index (κ2) is 9.48. The van der Waals surface area contributed by atoms with Crippen molar-refractivity contribution in [1.29, 1.82) is 0 Å². The number of carbonyl (C=O) groups is 1. The number of hydrogen-bond acceptors (Lipinski definition) is 4. The van der Waals surface area contributed by atoms with Crippen LogP contribution in [0.5, 0.6) is 0 Å². The van der Waals surface area contributed by atoms with Gasteiger partial charge in [0.2, 0.25) is 0 Å². The van der Waals surface area contributed by atoms with E-state index in [1.54, 1.807) is 0 Å². The fourth-order valence-corrected chi connectivity index (χ4v) is 2.98. The summed E-state index contributed by atoms with van der Waals surface area (Å²) in [6.07, 6.45) is 4.70. The van der Waals surface area contributed by atoms with Gasteiger partial charge in [-0.3, -0.25) is 0 Å². The normalized spacial score (nSPS) is 21.8. The number of alkyl carbamates (subject to hydrolysis) is 1. The molecule has 1 aliphatic rings. The Hall–Kier alpha value is -0.810. The summed E-state index contributed by atoms with van der Waals surface area (Å²) >= 11 is 0. The van der Waals surface area contributed by atoms with Gasteiger partial charge in [0, 0.05) is 24.7 Å². The first-order valence-corrected chi connectivity index (χ1v) is 9.13. The highest BCUT2D eigenvalue weighted by Gasteiger charge is 2.22. The summed E-state index contributed by atoms with van der Waals surface area (Å²) in [7, 11) is 0. The maximum Gasteiger partial charge on any atom is 0.407 e. The minimum absolute atomic E-state index is 0.251. The van der Waals surface area contributed by atoms with Crippen LogP contribution in [0, 0.1) is 5.92 Å². The molecule has 0 aliphatic carbocycles. The molecule has 0 aromatic carbocycles. The highest BCUT2D eigenvalue weighted by molar-refractivity contribution is 5.67. The van der Waals surface area contributed by atoms with Crippen molar-refractivity contribution in [2.24, 2.45) is 5.92 Å². The Kier molecular flexibility index (Phi) is 8.34. The van der Waals surface area contributed by atoms with E-state index in [4.69, 9.17) is 4.74 Å². The van der Waals surface area contributed by atoms with Gasteiger partial charge in [-0.1, -0.05) is 20.3 Å². The van der Waals surface area contributed by atoms with Crippen LogP contribution in [0.2, 0.25) is 0 Å².